The number of nitrogens with zero attached hydrogens (tertiary/aromatic N) is 3. The number of halogens is 1. The lowest BCUT2D eigenvalue weighted by Crippen LogP contribution is -2.25. The monoisotopic (exact) mass is 443 g/mol. The standard InChI is InChI=1S/C22H25N3O2.BrH/c1-24(2)13-4-14-25-22(26)21-12-9-18(15-19(21)16-23-25)6-5-17-7-10-20(27-3)11-8-17;/h5-12,15-16H,4,13-14H2,1-3H3;1H. The second-order valence-corrected chi connectivity index (χ2v) is 6.78. The first-order valence-electron chi connectivity index (χ1n) is 9.03. The molecular weight excluding hydrogens is 418 g/mol. The topological polar surface area (TPSA) is 47.4 Å². The van der Waals surface area contributed by atoms with Crippen LogP contribution >= 0.6 is 17.0 Å². The summed E-state index contributed by atoms with van der Waals surface area (Å²) in [5.74, 6) is 0.839. The molecule has 0 atom stereocenters. The van der Waals surface area contributed by atoms with E-state index in [-0.39, 0.29) is 22.5 Å². The number of aryl methyl sites for hydroxylation is 1. The van der Waals surface area contributed by atoms with Crippen molar-refractivity contribution in [3.8, 4) is 5.75 Å². The lowest BCUT2D eigenvalue weighted by Gasteiger charge is -2.10. The first-order valence-corrected chi connectivity index (χ1v) is 9.03. The van der Waals surface area contributed by atoms with Crippen molar-refractivity contribution in [3.63, 3.8) is 0 Å². The van der Waals surface area contributed by atoms with Crippen molar-refractivity contribution in [1.29, 1.82) is 0 Å². The molecule has 0 unspecified atom stereocenters. The molecule has 148 valence electrons. The van der Waals surface area contributed by atoms with Crippen molar-refractivity contribution in [2.45, 2.75) is 13.0 Å². The molecule has 1 aromatic heterocycles. The number of methoxy groups -OCH3 is 1. The summed E-state index contributed by atoms with van der Waals surface area (Å²) in [7, 11) is 5.71. The summed E-state index contributed by atoms with van der Waals surface area (Å²) in [6.45, 7) is 1.56. The first-order chi connectivity index (χ1) is 13.1. The van der Waals surface area contributed by atoms with Crippen molar-refractivity contribution >= 4 is 39.9 Å². The van der Waals surface area contributed by atoms with Crippen molar-refractivity contribution in [1.82, 2.24) is 14.7 Å². The van der Waals surface area contributed by atoms with Crippen LogP contribution in [0.4, 0.5) is 0 Å². The molecule has 6 heteroatoms. The number of hydrogen-bond donors (Lipinski definition) is 0. The van der Waals surface area contributed by atoms with E-state index in [1.165, 1.54) is 0 Å². The van der Waals surface area contributed by atoms with Gasteiger partial charge in [-0.05, 0) is 62.5 Å². The highest BCUT2D eigenvalue weighted by Crippen LogP contribution is 2.16. The molecule has 2 aromatic carbocycles. The fourth-order valence-electron chi connectivity index (χ4n) is 2.91. The molecule has 0 bridgehead atoms. The summed E-state index contributed by atoms with van der Waals surface area (Å²) in [6.07, 6.45) is 6.74. The van der Waals surface area contributed by atoms with Crippen molar-refractivity contribution in [3.05, 3.63) is 70.1 Å². The largest absolute Gasteiger partial charge is 0.497 e. The van der Waals surface area contributed by atoms with Gasteiger partial charge in [0.15, 0.2) is 0 Å². The Balaban J connectivity index is 0.00000280. The maximum atomic E-state index is 12.6. The predicted octanol–water partition coefficient (Wildman–Crippen LogP) is 4.11. The molecule has 0 saturated carbocycles. The van der Waals surface area contributed by atoms with Crippen LogP contribution in [0.25, 0.3) is 22.9 Å². The van der Waals surface area contributed by atoms with Gasteiger partial charge in [0, 0.05) is 11.9 Å². The summed E-state index contributed by atoms with van der Waals surface area (Å²) in [5, 5.41) is 5.90. The maximum absolute atomic E-state index is 12.6. The minimum Gasteiger partial charge on any atom is -0.497 e. The third kappa shape index (κ3) is 5.53. The van der Waals surface area contributed by atoms with Crippen LogP contribution in [-0.4, -0.2) is 42.4 Å². The lowest BCUT2D eigenvalue weighted by atomic mass is 10.1. The Morgan fingerprint density at radius 1 is 1.07 bits per heavy atom. The zero-order valence-corrected chi connectivity index (χ0v) is 18.2. The van der Waals surface area contributed by atoms with Crippen molar-refractivity contribution in [2.75, 3.05) is 27.7 Å². The van der Waals surface area contributed by atoms with Gasteiger partial charge in [-0.3, -0.25) is 4.79 Å². The first kappa shape index (κ1) is 21.9. The molecule has 5 nitrogen and oxygen atoms in total. The summed E-state index contributed by atoms with van der Waals surface area (Å²) in [6, 6.07) is 13.7. The van der Waals surface area contributed by atoms with Crippen LogP contribution in [0.3, 0.4) is 0 Å². The van der Waals surface area contributed by atoms with Gasteiger partial charge in [-0.1, -0.05) is 30.4 Å². The molecule has 0 aliphatic heterocycles. The lowest BCUT2D eigenvalue weighted by molar-refractivity contribution is 0.378. The average Bonchev–Trinajstić information content (AvgIpc) is 2.68. The molecular formula is C22H26BrN3O2. The molecule has 0 aliphatic carbocycles. The highest BCUT2D eigenvalue weighted by Gasteiger charge is 2.05. The van der Waals surface area contributed by atoms with Crippen LogP contribution in [0.15, 0.2) is 53.5 Å². The van der Waals surface area contributed by atoms with Gasteiger partial charge < -0.3 is 9.64 Å². The van der Waals surface area contributed by atoms with Crippen LogP contribution in [0.1, 0.15) is 17.5 Å². The number of aromatic nitrogens is 2. The van der Waals surface area contributed by atoms with Gasteiger partial charge in [0.05, 0.1) is 18.7 Å². The third-order valence-electron chi connectivity index (χ3n) is 4.44. The Kier molecular flexibility index (Phi) is 7.96. The Bertz CT molecular complexity index is 995. The zero-order valence-electron chi connectivity index (χ0n) is 16.5. The van der Waals surface area contributed by atoms with E-state index < -0.39 is 0 Å². The second kappa shape index (κ2) is 10.2. The average molecular weight is 444 g/mol. The minimum atomic E-state index is -0.0306. The number of ether oxygens (including phenoxy) is 1. The van der Waals surface area contributed by atoms with Gasteiger partial charge in [0.25, 0.3) is 5.56 Å². The molecule has 3 aromatic rings. The molecule has 0 saturated heterocycles. The van der Waals surface area contributed by atoms with Gasteiger partial charge in [-0.2, -0.15) is 5.10 Å². The predicted molar refractivity (Wildman–Crippen MR) is 121 cm³/mol. The van der Waals surface area contributed by atoms with Crippen LogP contribution in [-0.2, 0) is 6.54 Å². The highest BCUT2D eigenvalue weighted by molar-refractivity contribution is 8.93. The molecule has 1 heterocycles. The molecule has 0 N–H and O–H groups in total. The number of hydrogen-bond acceptors (Lipinski definition) is 4. The van der Waals surface area contributed by atoms with Gasteiger partial charge in [0.1, 0.15) is 5.75 Å². The number of fused-ring (bicyclic) bond motifs is 1. The zero-order chi connectivity index (χ0) is 19.2. The molecule has 3 rings (SSSR count). The van der Waals surface area contributed by atoms with Gasteiger partial charge >= 0.3 is 0 Å². The maximum Gasteiger partial charge on any atom is 0.274 e. The quantitative estimate of drug-likeness (QED) is 0.515. The SMILES string of the molecule is Br.COc1ccc(C=Cc2ccc3c(=O)n(CCCN(C)C)ncc3c2)cc1. The van der Waals surface area contributed by atoms with Gasteiger partial charge in [0.2, 0.25) is 0 Å². The molecule has 0 amide bonds. The fourth-order valence-corrected chi connectivity index (χ4v) is 2.91. The van der Waals surface area contributed by atoms with E-state index in [2.05, 4.69) is 10.00 Å². The van der Waals surface area contributed by atoms with Gasteiger partial charge in [-0.25, -0.2) is 4.68 Å². The normalized spacial score (nSPS) is 11.1. The smallest absolute Gasteiger partial charge is 0.274 e. The van der Waals surface area contributed by atoms with Crippen molar-refractivity contribution < 1.29 is 4.74 Å². The van der Waals surface area contributed by atoms with Crippen molar-refractivity contribution in [2.24, 2.45) is 0 Å². The van der Waals surface area contributed by atoms with Crippen LogP contribution in [0.2, 0.25) is 0 Å². The number of benzene rings is 2. The molecule has 0 spiro atoms. The van der Waals surface area contributed by atoms with E-state index in [1.807, 2.05) is 68.7 Å². The molecule has 28 heavy (non-hydrogen) atoms. The van der Waals surface area contributed by atoms with Gasteiger partial charge in [-0.15, -0.1) is 17.0 Å². The van der Waals surface area contributed by atoms with E-state index in [9.17, 15) is 4.79 Å². The summed E-state index contributed by atoms with van der Waals surface area (Å²) < 4.78 is 6.73. The highest BCUT2D eigenvalue weighted by atomic mass is 79.9. The van der Waals surface area contributed by atoms with E-state index in [0.717, 1.165) is 35.2 Å². The summed E-state index contributed by atoms with van der Waals surface area (Å²) in [5.41, 5.74) is 2.09. The Morgan fingerprint density at radius 2 is 1.75 bits per heavy atom. The Labute approximate surface area is 176 Å². The third-order valence-corrected chi connectivity index (χ3v) is 4.44. The van der Waals surface area contributed by atoms with E-state index in [1.54, 1.807) is 18.0 Å². The van der Waals surface area contributed by atoms with E-state index in [0.29, 0.717) is 11.9 Å². The Morgan fingerprint density at radius 3 is 2.43 bits per heavy atom. The van der Waals surface area contributed by atoms with Crippen LogP contribution in [0.5, 0.6) is 5.75 Å². The summed E-state index contributed by atoms with van der Waals surface area (Å²) in [4.78, 5) is 14.7. The van der Waals surface area contributed by atoms with Crippen LogP contribution < -0.4 is 10.3 Å². The van der Waals surface area contributed by atoms with Crippen LogP contribution in [0, 0.1) is 0 Å². The second-order valence-electron chi connectivity index (χ2n) is 6.78. The number of rotatable bonds is 7. The van der Waals surface area contributed by atoms with E-state index >= 15 is 0 Å². The van der Waals surface area contributed by atoms with E-state index in [4.69, 9.17) is 4.74 Å². The fraction of sp³-hybridized carbons (Fsp3) is 0.273. The minimum absolute atomic E-state index is 0. The summed E-state index contributed by atoms with van der Waals surface area (Å²) >= 11 is 0. The molecule has 0 aliphatic rings. The Hall–Kier alpha value is -2.44. The molecule has 0 fully saturated rings. The molecule has 0 radical (unpaired) electrons.